The van der Waals surface area contributed by atoms with Gasteiger partial charge in [0.1, 0.15) is 6.04 Å². The van der Waals surface area contributed by atoms with E-state index in [1.54, 1.807) is 17.5 Å². The van der Waals surface area contributed by atoms with Gasteiger partial charge >= 0.3 is 0 Å². The molecule has 1 amide bonds. The monoisotopic (exact) mass is 267 g/mol. The summed E-state index contributed by atoms with van der Waals surface area (Å²) in [5.41, 5.74) is 5.83. The smallest absolute Gasteiger partial charge is 0.242 e. The number of amides is 1. The topological polar surface area (TPSA) is 68.0 Å². The van der Waals surface area contributed by atoms with Crippen molar-refractivity contribution in [3.05, 3.63) is 39.0 Å². The van der Waals surface area contributed by atoms with E-state index in [1.165, 1.54) is 11.3 Å². The molecule has 0 saturated heterocycles. The summed E-state index contributed by atoms with van der Waals surface area (Å²) in [4.78, 5) is 16.8. The number of rotatable bonds is 5. The highest BCUT2D eigenvalue weighted by atomic mass is 32.1. The second-order valence-corrected chi connectivity index (χ2v) is 5.42. The van der Waals surface area contributed by atoms with Gasteiger partial charge in [-0.1, -0.05) is 6.07 Å². The predicted octanol–water partition coefficient (Wildman–Crippen LogP) is 1.56. The van der Waals surface area contributed by atoms with E-state index in [0.717, 1.165) is 16.3 Å². The summed E-state index contributed by atoms with van der Waals surface area (Å²) in [5.74, 6) is -0.135. The van der Waals surface area contributed by atoms with Crippen molar-refractivity contribution in [2.24, 2.45) is 5.73 Å². The van der Waals surface area contributed by atoms with Gasteiger partial charge in [0.05, 0.1) is 5.01 Å². The lowest BCUT2D eigenvalue weighted by Crippen LogP contribution is -2.34. The molecule has 0 aromatic carbocycles. The number of carbonyl (C=O) groups is 1. The molecule has 0 spiro atoms. The van der Waals surface area contributed by atoms with E-state index < -0.39 is 6.04 Å². The first-order valence-electron chi connectivity index (χ1n) is 5.22. The van der Waals surface area contributed by atoms with Crippen LogP contribution in [0.4, 0.5) is 0 Å². The SMILES string of the molecule is NC(C(=O)NCCc1nccs1)c1cccs1. The minimum absolute atomic E-state index is 0.135. The highest BCUT2D eigenvalue weighted by Crippen LogP contribution is 2.16. The maximum atomic E-state index is 11.7. The van der Waals surface area contributed by atoms with Gasteiger partial charge in [-0.15, -0.1) is 22.7 Å². The Bertz CT molecular complexity index is 453. The highest BCUT2D eigenvalue weighted by molar-refractivity contribution is 7.10. The number of nitrogens with one attached hydrogen (secondary N) is 1. The maximum absolute atomic E-state index is 11.7. The molecule has 2 rings (SSSR count). The van der Waals surface area contributed by atoms with Gasteiger partial charge in [0.25, 0.3) is 0 Å². The third-order valence-electron chi connectivity index (χ3n) is 2.25. The number of hydrogen-bond donors (Lipinski definition) is 2. The van der Waals surface area contributed by atoms with Crippen LogP contribution >= 0.6 is 22.7 Å². The zero-order valence-corrected chi connectivity index (χ0v) is 10.8. The van der Waals surface area contributed by atoms with Gasteiger partial charge in [-0.05, 0) is 11.4 Å². The second kappa shape index (κ2) is 5.90. The maximum Gasteiger partial charge on any atom is 0.242 e. The Morgan fingerprint density at radius 2 is 2.35 bits per heavy atom. The van der Waals surface area contributed by atoms with Crippen LogP contribution in [0.2, 0.25) is 0 Å². The number of nitrogens with two attached hydrogens (primary N) is 1. The molecular formula is C11H13N3OS2. The van der Waals surface area contributed by atoms with E-state index in [9.17, 15) is 4.79 Å². The van der Waals surface area contributed by atoms with E-state index in [-0.39, 0.29) is 5.91 Å². The fourth-order valence-corrected chi connectivity index (χ4v) is 2.72. The van der Waals surface area contributed by atoms with Crippen molar-refractivity contribution in [1.82, 2.24) is 10.3 Å². The van der Waals surface area contributed by atoms with Crippen LogP contribution in [0.3, 0.4) is 0 Å². The molecule has 4 nitrogen and oxygen atoms in total. The van der Waals surface area contributed by atoms with Crippen LogP contribution in [0.1, 0.15) is 15.9 Å². The number of hydrogen-bond acceptors (Lipinski definition) is 5. The minimum Gasteiger partial charge on any atom is -0.354 e. The Hall–Kier alpha value is -1.24. The second-order valence-electron chi connectivity index (χ2n) is 3.46. The van der Waals surface area contributed by atoms with Crippen LogP contribution in [0.15, 0.2) is 29.1 Å². The van der Waals surface area contributed by atoms with E-state index in [1.807, 2.05) is 22.9 Å². The molecule has 2 aromatic heterocycles. The highest BCUT2D eigenvalue weighted by Gasteiger charge is 2.15. The lowest BCUT2D eigenvalue weighted by atomic mass is 10.2. The van der Waals surface area contributed by atoms with Crippen molar-refractivity contribution in [1.29, 1.82) is 0 Å². The molecule has 1 unspecified atom stereocenters. The quantitative estimate of drug-likeness (QED) is 0.864. The van der Waals surface area contributed by atoms with Crippen LogP contribution in [-0.2, 0) is 11.2 Å². The molecule has 17 heavy (non-hydrogen) atoms. The Morgan fingerprint density at radius 3 is 3.00 bits per heavy atom. The lowest BCUT2D eigenvalue weighted by molar-refractivity contribution is -0.122. The molecule has 0 aliphatic heterocycles. The van der Waals surface area contributed by atoms with Gasteiger partial charge in [0, 0.05) is 29.4 Å². The molecule has 6 heteroatoms. The first-order chi connectivity index (χ1) is 8.27. The average Bonchev–Trinajstić information content (AvgIpc) is 3.00. The van der Waals surface area contributed by atoms with Crippen molar-refractivity contribution in [2.45, 2.75) is 12.5 Å². The van der Waals surface area contributed by atoms with Crippen molar-refractivity contribution in [3.8, 4) is 0 Å². The van der Waals surface area contributed by atoms with Gasteiger partial charge < -0.3 is 11.1 Å². The van der Waals surface area contributed by atoms with Gasteiger partial charge in [-0.2, -0.15) is 0 Å². The average molecular weight is 267 g/mol. The van der Waals surface area contributed by atoms with E-state index >= 15 is 0 Å². The Kier molecular flexibility index (Phi) is 4.24. The Balaban J connectivity index is 1.77. The summed E-state index contributed by atoms with van der Waals surface area (Å²) in [7, 11) is 0. The van der Waals surface area contributed by atoms with E-state index in [0.29, 0.717) is 6.54 Å². The molecule has 90 valence electrons. The number of thiazole rings is 1. The number of thiophene rings is 1. The molecule has 0 fully saturated rings. The summed E-state index contributed by atoms with van der Waals surface area (Å²) >= 11 is 3.08. The summed E-state index contributed by atoms with van der Waals surface area (Å²) in [6, 6.07) is 3.20. The predicted molar refractivity (Wildman–Crippen MR) is 70.1 cm³/mol. The minimum atomic E-state index is -0.564. The number of aromatic nitrogens is 1. The first kappa shape index (κ1) is 12.2. The van der Waals surface area contributed by atoms with Crippen LogP contribution in [-0.4, -0.2) is 17.4 Å². The van der Waals surface area contributed by atoms with Crippen molar-refractivity contribution < 1.29 is 4.79 Å². The fourth-order valence-electron chi connectivity index (χ4n) is 1.38. The summed E-state index contributed by atoms with van der Waals surface area (Å²) in [5, 5.41) is 7.68. The largest absolute Gasteiger partial charge is 0.354 e. The van der Waals surface area contributed by atoms with Crippen LogP contribution in [0.5, 0.6) is 0 Å². The third kappa shape index (κ3) is 3.36. The molecule has 0 bridgehead atoms. The molecule has 2 heterocycles. The van der Waals surface area contributed by atoms with E-state index in [2.05, 4.69) is 10.3 Å². The zero-order chi connectivity index (χ0) is 12.1. The lowest BCUT2D eigenvalue weighted by Gasteiger charge is -2.09. The molecule has 0 saturated carbocycles. The summed E-state index contributed by atoms with van der Waals surface area (Å²) in [6.07, 6.45) is 2.51. The first-order valence-corrected chi connectivity index (χ1v) is 6.98. The number of nitrogens with zero attached hydrogens (tertiary/aromatic N) is 1. The summed E-state index contributed by atoms with van der Waals surface area (Å²) < 4.78 is 0. The Morgan fingerprint density at radius 1 is 1.47 bits per heavy atom. The van der Waals surface area contributed by atoms with Gasteiger partial charge in [-0.25, -0.2) is 4.98 Å². The van der Waals surface area contributed by atoms with Gasteiger partial charge in [-0.3, -0.25) is 4.79 Å². The summed E-state index contributed by atoms with van der Waals surface area (Å²) in [6.45, 7) is 0.575. The van der Waals surface area contributed by atoms with Crippen LogP contribution in [0, 0.1) is 0 Å². The Labute approximate surface area is 107 Å². The van der Waals surface area contributed by atoms with Crippen molar-refractivity contribution >= 4 is 28.6 Å². The van der Waals surface area contributed by atoms with Crippen molar-refractivity contribution in [2.75, 3.05) is 6.54 Å². The molecule has 0 radical (unpaired) electrons. The standard InChI is InChI=1S/C11H13N3OS2/c12-10(8-2-1-6-16-8)11(15)14-4-3-9-13-5-7-17-9/h1-2,5-7,10H,3-4,12H2,(H,14,15). The number of carbonyl (C=O) groups excluding carboxylic acids is 1. The van der Waals surface area contributed by atoms with E-state index in [4.69, 9.17) is 5.73 Å². The molecule has 2 aromatic rings. The van der Waals surface area contributed by atoms with Crippen LogP contribution < -0.4 is 11.1 Å². The zero-order valence-electron chi connectivity index (χ0n) is 9.13. The molecule has 0 aliphatic rings. The van der Waals surface area contributed by atoms with Gasteiger partial charge in [0.15, 0.2) is 0 Å². The molecule has 1 atom stereocenters. The van der Waals surface area contributed by atoms with Crippen molar-refractivity contribution in [3.63, 3.8) is 0 Å². The molecule has 3 N–H and O–H groups in total. The third-order valence-corrected chi connectivity index (χ3v) is 4.05. The molecule has 0 aliphatic carbocycles. The normalized spacial score (nSPS) is 12.3. The van der Waals surface area contributed by atoms with Gasteiger partial charge in [0.2, 0.25) is 5.91 Å². The fraction of sp³-hybridized carbons (Fsp3) is 0.273. The van der Waals surface area contributed by atoms with Crippen LogP contribution in [0.25, 0.3) is 0 Å². The molecular weight excluding hydrogens is 254 g/mol.